The first-order valence-corrected chi connectivity index (χ1v) is 52.4. The smallest absolute Gasteiger partial charge is 0.463 e. The number of ether oxygens (including phenoxy) is 3. The summed E-state index contributed by atoms with van der Waals surface area (Å²) in [5.74, 6) is -1.60. The summed E-state index contributed by atoms with van der Waals surface area (Å²) < 4.78 is 61.6. The van der Waals surface area contributed by atoms with Crippen LogP contribution in [-0.4, -0.2) is 95.9 Å². The number of allylic oxidation sites excluding steroid dienone is 34. The van der Waals surface area contributed by atoms with Crippen molar-refractivity contribution in [2.45, 2.75) is 411 Å². The van der Waals surface area contributed by atoms with Gasteiger partial charge in [0, 0.05) is 19.3 Å². The Morgan fingerprint density at radius 3 is 0.632 bits per heavy atom. The second kappa shape index (κ2) is 97.2. The van der Waals surface area contributed by atoms with Crippen LogP contribution >= 0.6 is 15.6 Å². The Kier molecular flexibility index (Phi) is 92.6. The number of phosphoric ester groups is 2. The number of hydrogen-bond acceptors (Lipinski definition) is 14. The largest absolute Gasteiger partial charge is 0.472 e. The van der Waals surface area contributed by atoms with E-state index in [9.17, 15) is 43.5 Å². The summed E-state index contributed by atoms with van der Waals surface area (Å²) in [6.07, 6.45) is 132. The van der Waals surface area contributed by atoms with Gasteiger partial charge in [0.1, 0.15) is 25.4 Å². The second-order valence-electron chi connectivity index (χ2n) is 32.4. The van der Waals surface area contributed by atoms with Gasteiger partial charge in [-0.1, -0.05) is 414 Å². The SMILES string of the molecule is CC/C=C\C/C=C\C/C=C\C/C=C\C/C=C\C/C=C\CCCCCCCCCCCCCCCCC(=O)OCC(O)COP(=O)(O)OCC(O)COP(=O)(O)OCC(COC(=O)CCCCCCCCCCCCCCCCCCC/C=C\C/C=C\C/C=C\C/C=C\C/C=C\CC)OC(=O)CCCCCC/C=C\C/C=C\C/C=C\C/C=C\C/C=C\C/C=C\CC. The molecule has 0 aromatic rings. The highest BCUT2D eigenvalue weighted by molar-refractivity contribution is 7.47. The van der Waals surface area contributed by atoms with E-state index in [-0.39, 0.29) is 19.3 Å². The molecule has 0 amide bonds. The van der Waals surface area contributed by atoms with Crippen molar-refractivity contribution in [1.29, 1.82) is 0 Å². The molecule has 125 heavy (non-hydrogen) atoms. The van der Waals surface area contributed by atoms with E-state index in [0.717, 1.165) is 180 Å². The highest BCUT2D eigenvalue weighted by atomic mass is 31.2. The van der Waals surface area contributed by atoms with E-state index < -0.39 is 91.5 Å². The highest BCUT2D eigenvalue weighted by Crippen LogP contribution is 2.45. The first-order chi connectivity index (χ1) is 61.2. The van der Waals surface area contributed by atoms with Crippen LogP contribution in [0, 0.1) is 0 Å². The molecule has 0 rings (SSSR count). The van der Waals surface area contributed by atoms with E-state index in [1.54, 1.807) is 0 Å². The van der Waals surface area contributed by atoms with Gasteiger partial charge in [-0.2, -0.15) is 0 Å². The van der Waals surface area contributed by atoms with Crippen molar-refractivity contribution in [2.24, 2.45) is 0 Å². The number of aliphatic hydroxyl groups is 2. The highest BCUT2D eigenvalue weighted by Gasteiger charge is 2.30. The number of rotatable bonds is 92. The Labute approximate surface area is 762 Å². The van der Waals surface area contributed by atoms with Crippen LogP contribution in [0.25, 0.3) is 0 Å². The maximum Gasteiger partial charge on any atom is 0.472 e. The minimum Gasteiger partial charge on any atom is -0.463 e. The fourth-order valence-corrected chi connectivity index (χ4v) is 14.7. The van der Waals surface area contributed by atoms with Crippen molar-refractivity contribution in [1.82, 2.24) is 0 Å². The minimum absolute atomic E-state index is 0.0697. The normalized spacial score (nSPS) is 14.6. The molecular formula is C107H178O16P2. The van der Waals surface area contributed by atoms with Crippen LogP contribution in [0.15, 0.2) is 207 Å². The van der Waals surface area contributed by atoms with Gasteiger partial charge in [0.2, 0.25) is 0 Å². The molecule has 0 aromatic heterocycles. The van der Waals surface area contributed by atoms with Gasteiger partial charge in [0.15, 0.2) is 6.10 Å². The Morgan fingerprint density at radius 1 is 0.224 bits per heavy atom. The first-order valence-electron chi connectivity index (χ1n) is 49.4. The van der Waals surface area contributed by atoms with Crippen LogP contribution in [0.1, 0.15) is 393 Å². The molecule has 5 unspecified atom stereocenters. The molecule has 0 saturated heterocycles. The van der Waals surface area contributed by atoms with Crippen molar-refractivity contribution in [3.05, 3.63) is 207 Å². The molecule has 18 heteroatoms. The Hall–Kier alpha value is -5.87. The monoisotopic (exact) mass is 1780 g/mol. The van der Waals surface area contributed by atoms with E-state index in [1.807, 2.05) is 0 Å². The zero-order valence-electron chi connectivity index (χ0n) is 78.7. The van der Waals surface area contributed by atoms with Crippen LogP contribution in [0.2, 0.25) is 0 Å². The Balaban J connectivity index is 4.61. The van der Waals surface area contributed by atoms with Crippen LogP contribution in [0.4, 0.5) is 0 Å². The van der Waals surface area contributed by atoms with Gasteiger partial charge in [-0.3, -0.25) is 32.5 Å². The summed E-state index contributed by atoms with van der Waals surface area (Å²) in [6.45, 7) is 2.35. The lowest BCUT2D eigenvalue weighted by atomic mass is 10.0. The minimum atomic E-state index is -4.96. The van der Waals surface area contributed by atoms with Crippen molar-refractivity contribution in [2.75, 3.05) is 39.6 Å². The Morgan fingerprint density at radius 2 is 0.400 bits per heavy atom. The molecule has 0 heterocycles. The lowest BCUT2D eigenvalue weighted by Crippen LogP contribution is -2.30. The summed E-state index contributed by atoms with van der Waals surface area (Å²) in [6, 6.07) is 0. The average molecular weight is 1780 g/mol. The van der Waals surface area contributed by atoms with E-state index >= 15 is 0 Å². The van der Waals surface area contributed by atoms with Crippen LogP contribution < -0.4 is 0 Å². The van der Waals surface area contributed by atoms with Gasteiger partial charge in [-0.15, -0.1) is 0 Å². The fourth-order valence-electron chi connectivity index (χ4n) is 13.1. The maximum atomic E-state index is 13.1. The molecule has 5 atom stereocenters. The van der Waals surface area contributed by atoms with Crippen LogP contribution in [0.3, 0.4) is 0 Å². The van der Waals surface area contributed by atoms with Crippen LogP contribution in [0.5, 0.6) is 0 Å². The number of aliphatic hydroxyl groups excluding tert-OH is 2. The standard InChI is InChI=1S/C107H178O16P2/c1-4-7-10-13-16-19-22-25-28-31-34-37-40-42-44-46-48-50-52-54-56-58-61-63-66-69-72-75-78-81-84-87-90-93-105(110)117-96-102(108)97-119-124(113,114)120-98-103(109)99-121-125(115,116)122-101-104(123-107(112)95-92-89-86-83-80-77-74-71-68-65-60-39-36-33-30-27-24-21-18-15-12-9-6-3)100-118-106(111)94-91-88-85-82-79-76-73-70-67-64-62-59-57-55-53-51-49-47-45-43-41-38-35-32-29-26-23-20-17-14-11-8-5-2/h7-12,16-21,25-30,34-39,42-45,48,50,65,68,74,77,102-104,108-109H,4-6,13-15,22-24,31-33,40-41,46-47,49,51-64,66-67,69-73,75-76,78-101H2,1-3H3,(H,113,114)(H,115,116)/b10-7-,11-8-,12-9-,19-16-,20-17-,21-18-,28-25-,29-26-,30-27-,37-34-,38-35-,39-36-,44-42-,45-43-,50-48-,68-65-,77-74-. The second-order valence-corrected chi connectivity index (χ2v) is 35.3. The molecule has 0 aliphatic rings. The maximum absolute atomic E-state index is 13.1. The summed E-state index contributed by atoms with van der Waals surface area (Å²) in [4.78, 5) is 59.1. The lowest BCUT2D eigenvalue weighted by Gasteiger charge is -2.21. The summed E-state index contributed by atoms with van der Waals surface area (Å²) >= 11 is 0. The van der Waals surface area contributed by atoms with Crippen molar-refractivity contribution >= 4 is 33.6 Å². The number of carbonyl (C=O) groups is 3. The zero-order chi connectivity index (χ0) is 90.7. The van der Waals surface area contributed by atoms with Gasteiger partial charge >= 0.3 is 33.6 Å². The molecule has 712 valence electrons. The zero-order valence-corrected chi connectivity index (χ0v) is 80.5. The summed E-state index contributed by atoms with van der Waals surface area (Å²) in [5, 5.41) is 20.8. The molecule has 0 spiro atoms. The molecule has 0 fully saturated rings. The third-order valence-electron chi connectivity index (χ3n) is 20.5. The van der Waals surface area contributed by atoms with Crippen molar-refractivity contribution in [3.8, 4) is 0 Å². The molecule has 0 aliphatic heterocycles. The van der Waals surface area contributed by atoms with Gasteiger partial charge < -0.3 is 34.2 Å². The number of phosphoric acid groups is 2. The van der Waals surface area contributed by atoms with Gasteiger partial charge in [-0.25, -0.2) is 9.13 Å². The topological polar surface area (TPSA) is 231 Å². The predicted molar refractivity (Wildman–Crippen MR) is 527 cm³/mol. The summed E-state index contributed by atoms with van der Waals surface area (Å²) in [5.41, 5.74) is 0. The van der Waals surface area contributed by atoms with Gasteiger partial charge in [-0.05, 0) is 167 Å². The number of esters is 3. The summed E-state index contributed by atoms with van der Waals surface area (Å²) in [7, 11) is -9.83. The molecule has 0 radical (unpaired) electrons. The van der Waals surface area contributed by atoms with Gasteiger partial charge in [0.05, 0.1) is 26.4 Å². The van der Waals surface area contributed by atoms with Crippen LogP contribution in [-0.2, 0) is 55.8 Å². The molecular weight excluding hydrogens is 1600 g/mol. The number of hydrogen-bond donors (Lipinski definition) is 4. The molecule has 0 aromatic carbocycles. The van der Waals surface area contributed by atoms with Gasteiger partial charge in [0.25, 0.3) is 0 Å². The molecule has 0 aliphatic carbocycles. The lowest BCUT2D eigenvalue weighted by molar-refractivity contribution is -0.161. The fraction of sp³-hybridized carbons (Fsp3) is 0.654. The van der Waals surface area contributed by atoms with E-state index in [0.29, 0.717) is 19.3 Å². The Bertz CT molecular complexity index is 3100. The van der Waals surface area contributed by atoms with E-state index in [4.69, 9.17) is 32.3 Å². The third kappa shape index (κ3) is 98.6. The quantitative estimate of drug-likeness (QED) is 0.0146. The molecule has 16 nitrogen and oxygen atoms in total. The molecule has 4 N–H and O–H groups in total. The number of unbranched alkanes of at least 4 members (excludes halogenated alkanes) is 35. The first kappa shape index (κ1) is 119. The average Bonchev–Trinajstić information content (AvgIpc) is 0.904. The van der Waals surface area contributed by atoms with Crippen molar-refractivity contribution in [3.63, 3.8) is 0 Å². The molecule has 0 bridgehead atoms. The van der Waals surface area contributed by atoms with E-state index in [1.165, 1.54) is 154 Å². The predicted octanol–water partition coefficient (Wildman–Crippen LogP) is 31.1. The van der Waals surface area contributed by atoms with Crippen molar-refractivity contribution < 1.29 is 75.8 Å². The number of carbonyl (C=O) groups excluding carboxylic acids is 3. The van der Waals surface area contributed by atoms with E-state index in [2.05, 4.69) is 227 Å². The molecule has 0 saturated carbocycles. The third-order valence-corrected chi connectivity index (χ3v) is 22.4.